The molecule has 7 heteroatoms. The van der Waals surface area contributed by atoms with Gasteiger partial charge in [0, 0.05) is 29.3 Å². The van der Waals surface area contributed by atoms with Gasteiger partial charge >= 0.3 is 0 Å². The second-order valence-electron chi connectivity index (χ2n) is 4.85. The zero-order valence-electron chi connectivity index (χ0n) is 11.3. The summed E-state index contributed by atoms with van der Waals surface area (Å²) in [5, 5.41) is 9.72. The zero-order valence-corrected chi connectivity index (χ0v) is 12.1. The van der Waals surface area contributed by atoms with E-state index >= 15 is 0 Å². The fourth-order valence-electron chi connectivity index (χ4n) is 2.02. The number of aromatic amines is 1. The van der Waals surface area contributed by atoms with Gasteiger partial charge in [-0.2, -0.15) is 0 Å². The van der Waals surface area contributed by atoms with Gasteiger partial charge in [-0.1, -0.05) is 0 Å². The molecular weight excluding hydrogens is 278 g/mol. The van der Waals surface area contributed by atoms with Gasteiger partial charge in [-0.3, -0.25) is 0 Å². The highest BCUT2D eigenvalue weighted by Gasteiger charge is 2.18. The monoisotopic (exact) mass is 297 g/mol. The molecular formula is C13H19N3O3S. The Labute approximate surface area is 118 Å². The molecule has 0 saturated heterocycles. The molecule has 1 aromatic carbocycles. The highest BCUT2D eigenvalue weighted by Crippen LogP contribution is 2.24. The summed E-state index contributed by atoms with van der Waals surface area (Å²) in [6.07, 6.45) is 2.18. The van der Waals surface area contributed by atoms with Crippen LogP contribution in [-0.2, 0) is 10.0 Å². The summed E-state index contributed by atoms with van der Waals surface area (Å²) < 4.78 is 27.0. The lowest BCUT2D eigenvalue weighted by Crippen LogP contribution is -2.25. The number of hydrogen-bond acceptors (Lipinski definition) is 4. The number of H-pyrrole nitrogens is 1. The fourth-order valence-corrected chi connectivity index (χ4v) is 3.26. The van der Waals surface area contributed by atoms with Crippen molar-refractivity contribution in [3.8, 4) is 0 Å². The molecule has 1 atom stereocenters. The summed E-state index contributed by atoms with van der Waals surface area (Å²) in [4.78, 5) is 3.11. The van der Waals surface area contributed by atoms with Crippen molar-refractivity contribution in [1.29, 1.82) is 0 Å². The molecule has 20 heavy (non-hydrogen) atoms. The van der Waals surface area contributed by atoms with Crippen LogP contribution in [0.15, 0.2) is 29.3 Å². The Morgan fingerprint density at radius 3 is 2.90 bits per heavy atom. The van der Waals surface area contributed by atoms with Crippen LogP contribution >= 0.6 is 0 Å². The van der Waals surface area contributed by atoms with Crippen molar-refractivity contribution >= 4 is 26.6 Å². The van der Waals surface area contributed by atoms with E-state index in [0.29, 0.717) is 30.5 Å². The highest BCUT2D eigenvalue weighted by molar-refractivity contribution is 7.89. The first-order valence-electron chi connectivity index (χ1n) is 6.44. The van der Waals surface area contributed by atoms with Gasteiger partial charge in [-0.05, 0) is 38.0 Å². The van der Waals surface area contributed by atoms with E-state index in [-0.39, 0.29) is 4.90 Å². The quantitative estimate of drug-likeness (QED) is 0.474. The molecule has 0 saturated carbocycles. The first kappa shape index (κ1) is 14.8. The lowest BCUT2D eigenvalue weighted by molar-refractivity contribution is 0.182. The molecule has 2 aromatic rings. The van der Waals surface area contributed by atoms with Crippen molar-refractivity contribution in [2.24, 2.45) is 0 Å². The van der Waals surface area contributed by atoms with Gasteiger partial charge in [-0.25, -0.2) is 13.1 Å². The number of aromatic nitrogens is 1. The standard InChI is InChI=1S/C13H19N3O3S/c1-9(17)3-2-6-16-20(18,19)13-8-15-12-5-4-10(14)7-11(12)13/h4-5,7-9,15-17H,2-3,6,14H2,1H3. The van der Waals surface area contributed by atoms with Crippen LogP contribution in [0.25, 0.3) is 10.9 Å². The Kier molecular flexibility index (Phi) is 4.32. The Bertz CT molecular complexity index is 692. The van der Waals surface area contributed by atoms with E-state index in [2.05, 4.69) is 9.71 Å². The van der Waals surface area contributed by atoms with Crippen LogP contribution in [0.2, 0.25) is 0 Å². The van der Waals surface area contributed by atoms with E-state index < -0.39 is 16.1 Å². The van der Waals surface area contributed by atoms with E-state index in [9.17, 15) is 8.42 Å². The van der Waals surface area contributed by atoms with Crippen molar-refractivity contribution in [2.45, 2.75) is 30.8 Å². The Balaban J connectivity index is 2.17. The second kappa shape index (κ2) is 5.82. The number of nitrogen functional groups attached to an aromatic ring is 1. The number of anilines is 1. The minimum absolute atomic E-state index is 0.192. The van der Waals surface area contributed by atoms with Crippen molar-refractivity contribution in [2.75, 3.05) is 12.3 Å². The molecule has 0 radical (unpaired) electrons. The summed E-state index contributed by atoms with van der Waals surface area (Å²) in [7, 11) is -3.58. The molecule has 0 bridgehead atoms. The third-order valence-electron chi connectivity index (χ3n) is 3.05. The number of fused-ring (bicyclic) bond motifs is 1. The largest absolute Gasteiger partial charge is 0.399 e. The maximum atomic E-state index is 12.2. The topological polar surface area (TPSA) is 108 Å². The molecule has 1 heterocycles. The molecule has 5 N–H and O–H groups in total. The van der Waals surface area contributed by atoms with E-state index in [1.807, 2.05) is 0 Å². The average molecular weight is 297 g/mol. The third-order valence-corrected chi connectivity index (χ3v) is 4.55. The minimum atomic E-state index is -3.58. The predicted octanol–water partition coefficient (Wildman–Crippen LogP) is 1.19. The van der Waals surface area contributed by atoms with Crippen LogP contribution in [0, 0.1) is 0 Å². The smallest absolute Gasteiger partial charge is 0.242 e. The molecule has 0 aliphatic carbocycles. The summed E-state index contributed by atoms with van der Waals surface area (Å²) in [6, 6.07) is 5.10. The van der Waals surface area contributed by atoms with Crippen LogP contribution in [0.1, 0.15) is 19.8 Å². The van der Waals surface area contributed by atoms with Crippen molar-refractivity contribution in [3.05, 3.63) is 24.4 Å². The highest BCUT2D eigenvalue weighted by atomic mass is 32.2. The lowest BCUT2D eigenvalue weighted by atomic mass is 10.2. The normalized spacial score (nSPS) is 13.7. The van der Waals surface area contributed by atoms with Gasteiger partial charge in [0.15, 0.2) is 0 Å². The molecule has 1 aromatic heterocycles. The summed E-state index contributed by atoms with van der Waals surface area (Å²) in [5.74, 6) is 0. The van der Waals surface area contributed by atoms with Crippen LogP contribution in [0.4, 0.5) is 5.69 Å². The number of hydrogen-bond donors (Lipinski definition) is 4. The summed E-state index contributed by atoms with van der Waals surface area (Å²) in [5.41, 5.74) is 6.94. The van der Waals surface area contributed by atoms with Gasteiger partial charge in [0.2, 0.25) is 10.0 Å². The molecule has 0 aliphatic rings. The van der Waals surface area contributed by atoms with Crippen LogP contribution < -0.4 is 10.5 Å². The number of sulfonamides is 1. The van der Waals surface area contributed by atoms with Crippen LogP contribution in [0.3, 0.4) is 0 Å². The SMILES string of the molecule is CC(O)CCCNS(=O)(=O)c1c[nH]c2ccc(N)cc12. The van der Waals surface area contributed by atoms with Crippen LogP contribution in [0.5, 0.6) is 0 Å². The predicted molar refractivity (Wildman–Crippen MR) is 78.8 cm³/mol. The van der Waals surface area contributed by atoms with Crippen molar-refractivity contribution in [1.82, 2.24) is 9.71 Å². The molecule has 0 spiro atoms. The maximum absolute atomic E-state index is 12.2. The van der Waals surface area contributed by atoms with E-state index in [4.69, 9.17) is 10.8 Å². The van der Waals surface area contributed by atoms with Gasteiger partial charge in [0.1, 0.15) is 4.90 Å². The molecule has 0 amide bonds. The van der Waals surface area contributed by atoms with Gasteiger partial charge in [0.05, 0.1) is 6.10 Å². The first-order chi connectivity index (χ1) is 9.40. The second-order valence-corrected chi connectivity index (χ2v) is 6.58. The molecule has 0 aliphatic heterocycles. The Morgan fingerprint density at radius 2 is 2.20 bits per heavy atom. The van der Waals surface area contributed by atoms with Gasteiger partial charge in [-0.15, -0.1) is 0 Å². The number of aliphatic hydroxyl groups is 1. The van der Waals surface area contributed by atoms with Crippen molar-refractivity contribution in [3.63, 3.8) is 0 Å². The molecule has 110 valence electrons. The lowest BCUT2D eigenvalue weighted by Gasteiger charge is -2.07. The Hall–Kier alpha value is -1.57. The average Bonchev–Trinajstić information content (AvgIpc) is 2.78. The number of nitrogens with one attached hydrogen (secondary N) is 2. The molecule has 1 unspecified atom stereocenters. The van der Waals surface area contributed by atoms with E-state index in [1.54, 1.807) is 25.1 Å². The molecule has 2 rings (SSSR count). The first-order valence-corrected chi connectivity index (χ1v) is 7.93. The van der Waals surface area contributed by atoms with Crippen LogP contribution in [-0.4, -0.2) is 31.2 Å². The third kappa shape index (κ3) is 3.30. The maximum Gasteiger partial charge on any atom is 0.242 e. The van der Waals surface area contributed by atoms with E-state index in [0.717, 1.165) is 5.52 Å². The zero-order chi connectivity index (χ0) is 14.8. The summed E-state index contributed by atoms with van der Waals surface area (Å²) >= 11 is 0. The molecule has 0 fully saturated rings. The van der Waals surface area contributed by atoms with E-state index in [1.165, 1.54) is 6.20 Å². The van der Waals surface area contributed by atoms with Crippen molar-refractivity contribution < 1.29 is 13.5 Å². The Morgan fingerprint density at radius 1 is 1.45 bits per heavy atom. The van der Waals surface area contributed by atoms with Gasteiger partial charge in [0.25, 0.3) is 0 Å². The number of benzene rings is 1. The minimum Gasteiger partial charge on any atom is -0.399 e. The summed E-state index contributed by atoms with van der Waals surface area (Å²) in [6.45, 7) is 1.97. The number of rotatable bonds is 6. The number of aliphatic hydroxyl groups excluding tert-OH is 1. The fraction of sp³-hybridized carbons (Fsp3) is 0.385. The number of nitrogens with two attached hydrogens (primary N) is 1. The van der Waals surface area contributed by atoms with Gasteiger partial charge < -0.3 is 15.8 Å². The molecule has 6 nitrogen and oxygen atoms in total.